The Labute approximate surface area is 171 Å². The van der Waals surface area contributed by atoms with Crippen molar-refractivity contribution in [1.82, 2.24) is 18.7 Å². The van der Waals surface area contributed by atoms with E-state index in [4.69, 9.17) is 4.74 Å². The van der Waals surface area contributed by atoms with Crippen LogP contribution in [-0.2, 0) is 35.0 Å². The number of nitrogens with zero attached hydrogens (tertiary/aromatic N) is 4. The number of aryl methyl sites for hydroxylation is 1. The van der Waals surface area contributed by atoms with Crippen LogP contribution in [0.1, 0.15) is 0 Å². The molecule has 0 saturated heterocycles. The van der Waals surface area contributed by atoms with Gasteiger partial charge in [0.15, 0.2) is 17.8 Å². The predicted octanol–water partition coefficient (Wildman–Crippen LogP) is 0.220. The minimum absolute atomic E-state index is 0.102. The molecule has 0 aliphatic carbocycles. The van der Waals surface area contributed by atoms with Gasteiger partial charge in [-0.05, 0) is 46.9 Å². The molecule has 0 saturated carbocycles. The van der Waals surface area contributed by atoms with Crippen LogP contribution in [0.2, 0.25) is 0 Å². The number of fused-ring (bicyclic) bond motifs is 1. The van der Waals surface area contributed by atoms with Gasteiger partial charge in [0.25, 0.3) is 11.5 Å². The van der Waals surface area contributed by atoms with Gasteiger partial charge in [-0.3, -0.25) is 23.5 Å². The third-order valence-corrected chi connectivity index (χ3v) is 4.73. The van der Waals surface area contributed by atoms with Gasteiger partial charge in [0.2, 0.25) is 0 Å². The highest BCUT2D eigenvalue weighted by atomic mass is 127. The molecule has 1 aromatic carbocycles. The number of carbonyl (C=O) groups is 2. The molecule has 10 nitrogen and oxygen atoms in total. The van der Waals surface area contributed by atoms with Crippen LogP contribution in [0.15, 0.2) is 40.2 Å². The normalized spacial score (nSPS) is 10.8. The van der Waals surface area contributed by atoms with Gasteiger partial charge < -0.3 is 14.6 Å². The molecular weight excluding hydrogens is 481 g/mol. The van der Waals surface area contributed by atoms with Crippen molar-refractivity contribution in [2.75, 3.05) is 11.9 Å². The monoisotopic (exact) mass is 497 g/mol. The van der Waals surface area contributed by atoms with Crippen molar-refractivity contribution in [1.29, 1.82) is 0 Å². The smallest absolute Gasteiger partial charge is 0.332 e. The Hall–Kier alpha value is -2.96. The minimum Gasteiger partial charge on any atom is -0.454 e. The van der Waals surface area contributed by atoms with Gasteiger partial charge >= 0.3 is 11.7 Å². The lowest BCUT2D eigenvalue weighted by Gasteiger charge is -2.08. The van der Waals surface area contributed by atoms with E-state index < -0.39 is 29.7 Å². The Morgan fingerprint density at radius 3 is 2.50 bits per heavy atom. The molecule has 11 heteroatoms. The van der Waals surface area contributed by atoms with E-state index in [-0.39, 0.29) is 17.7 Å². The molecule has 146 valence electrons. The SMILES string of the molecule is Cn1c(=O)c2c(ncn2CC(=O)OCC(=O)Nc2ccc(I)cc2)n(C)c1=O. The molecule has 0 bridgehead atoms. The number of amides is 1. The molecule has 0 spiro atoms. The van der Waals surface area contributed by atoms with Crippen LogP contribution in [0.5, 0.6) is 0 Å². The zero-order chi connectivity index (χ0) is 20.4. The van der Waals surface area contributed by atoms with Crippen LogP contribution in [0.3, 0.4) is 0 Å². The first-order valence-corrected chi connectivity index (χ1v) is 9.17. The molecule has 28 heavy (non-hydrogen) atoms. The number of benzene rings is 1. The zero-order valence-electron chi connectivity index (χ0n) is 15.0. The lowest BCUT2D eigenvalue weighted by molar-refractivity contribution is -0.147. The Morgan fingerprint density at radius 1 is 1.14 bits per heavy atom. The van der Waals surface area contributed by atoms with Crippen molar-refractivity contribution >= 4 is 51.3 Å². The fraction of sp³-hybridized carbons (Fsp3) is 0.235. The van der Waals surface area contributed by atoms with Crippen molar-refractivity contribution < 1.29 is 14.3 Å². The third-order valence-electron chi connectivity index (χ3n) is 4.01. The number of esters is 1. The number of rotatable bonds is 5. The summed E-state index contributed by atoms with van der Waals surface area (Å²) in [4.78, 5) is 52.2. The Morgan fingerprint density at radius 2 is 1.82 bits per heavy atom. The van der Waals surface area contributed by atoms with Gasteiger partial charge in [0.05, 0.1) is 6.33 Å². The highest BCUT2D eigenvalue weighted by Gasteiger charge is 2.17. The Kier molecular flexibility index (Phi) is 5.63. The van der Waals surface area contributed by atoms with Crippen LogP contribution >= 0.6 is 22.6 Å². The number of hydrogen-bond acceptors (Lipinski definition) is 6. The predicted molar refractivity (Wildman–Crippen MR) is 109 cm³/mol. The number of ether oxygens (including phenoxy) is 1. The minimum atomic E-state index is -0.715. The van der Waals surface area contributed by atoms with Crippen LogP contribution < -0.4 is 16.6 Å². The summed E-state index contributed by atoms with van der Waals surface area (Å²) >= 11 is 2.15. The summed E-state index contributed by atoms with van der Waals surface area (Å²) in [7, 11) is 2.82. The number of imidazole rings is 1. The van der Waals surface area contributed by atoms with Crippen LogP contribution in [-0.4, -0.2) is 37.2 Å². The van der Waals surface area contributed by atoms with Crippen LogP contribution in [0.25, 0.3) is 11.2 Å². The average Bonchev–Trinajstić information content (AvgIpc) is 3.08. The quantitative estimate of drug-likeness (QED) is 0.398. The van der Waals surface area contributed by atoms with Gasteiger partial charge in [-0.2, -0.15) is 0 Å². The summed E-state index contributed by atoms with van der Waals surface area (Å²) in [6.45, 7) is -0.783. The van der Waals surface area contributed by atoms with Crippen molar-refractivity contribution in [3.05, 3.63) is 55.0 Å². The summed E-state index contributed by atoms with van der Waals surface area (Å²) < 4.78 is 9.43. The van der Waals surface area contributed by atoms with Gasteiger partial charge in [-0.15, -0.1) is 0 Å². The second kappa shape index (κ2) is 7.96. The highest BCUT2D eigenvalue weighted by Crippen LogP contribution is 2.11. The average molecular weight is 497 g/mol. The number of aromatic nitrogens is 4. The van der Waals surface area contributed by atoms with E-state index in [1.165, 1.54) is 29.6 Å². The topological polar surface area (TPSA) is 117 Å². The molecule has 1 N–H and O–H groups in total. The number of nitrogens with one attached hydrogen (secondary N) is 1. The van der Waals surface area contributed by atoms with E-state index in [0.717, 1.165) is 8.14 Å². The molecular formula is C17H16IN5O5. The summed E-state index contributed by atoms with van der Waals surface area (Å²) in [5.41, 5.74) is -0.230. The summed E-state index contributed by atoms with van der Waals surface area (Å²) in [5, 5.41) is 2.61. The van der Waals surface area contributed by atoms with Gasteiger partial charge in [0.1, 0.15) is 6.54 Å². The Bertz CT molecular complexity index is 1180. The molecule has 1 amide bonds. The van der Waals surface area contributed by atoms with E-state index in [9.17, 15) is 19.2 Å². The zero-order valence-corrected chi connectivity index (χ0v) is 17.2. The van der Waals surface area contributed by atoms with Gasteiger partial charge in [-0.25, -0.2) is 9.78 Å². The molecule has 0 aliphatic heterocycles. The standard InChI is InChI=1S/C17H16IN5O5/c1-21-15-14(16(26)22(2)17(21)27)23(9-19-15)7-13(25)28-8-12(24)20-11-5-3-10(18)4-6-11/h3-6,9H,7-8H2,1-2H3,(H,20,24). The maximum atomic E-state index is 12.3. The lowest BCUT2D eigenvalue weighted by atomic mass is 10.3. The molecule has 3 rings (SSSR count). The molecule has 0 fully saturated rings. The molecule has 2 heterocycles. The lowest BCUT2D eigenvalue weighted by Crippen LogP contribution is -2.37. The molecule has 0 aliphatic rings. The first kappa shape index (κ1) is 19.8. The number of carbonyl (C=O) groups excluding carboxylic acids is 2. The maximum absolute atomic E-state index is 12.3. The van der Waals surface area contributed by atoms with E-state index in [0.29, 0.717) is 5.69 Å². The van der Waals surface area contributed by atoms with Crippen molar-refractivity contribution in [3.63, 3.8) is 0 Å². The van der Waals surface area contributed by atoms with E-state index in [1.807, 2.05) is 12.1 Å². The van der Waals surface area contributed by atoms with Crippen molar-refractivity contribution in [2.45, 2.75) is 6.54 Å². The molecule has 0 atom stereocenters. The molecule has 0 unspecified atom stereocenters. The summed E-state index contributed by atoms with van der Waals surface area (Å²) in [5.74, 6) is -1.20. The van der Waals surface area contributed by atoms with E-state index in [1.54, 1.807) is 12.1 Å². The highest BCUT2D eigenvalue weighted by molar-refractivity contribution is 14.1. The van der Waals surface area contributed by atoms with Crippen molar-refractivity contribution in [3.8, 4) is 0 Å². The number of anilines is 1. The fourth-order valence-corrected chi connectivity index (χ4v) is 2.94. The van der Waals surface area contributed by atoms with Gasteiger partial charge in [0, 0.05) is 23.4 Å². The summed E-state index contributed by atoms with van der Waals surface area (Å²) in [6, 6.07) is 7.14. The number of halogens is 1. The maximum Gasteiger partial charge on any atom is 0.332 e. The Balaban J connectivity index is 1.67. The van der Waals surface area contributed by atoms with E-state index >= 15 is 0 Å². The third kappa shape index (κ3) is 3.98. The molecule has 3 aromatic rings. The first-order valence-electron chi connectivity index (χ1n) is 8.10. The van der Waals surface area contributed by atoms with Crippen molar-refractivity contribution in [2.24, 2.45) is 14.1 Å². The van der Waals surface area contributed by atoms with Gasteiger partial charge in [-0.1, -0.05) is 0 Å². The fourth-order valence-electron chi connectivity index (χ4n) is 2.58. The molecule has 0 radical (unpaired) electrons. The molecule has 2 aromatic heterocycles. The summed E-state index contributed by atoms with van der Waals surface area (Å²) in [6.07, 6.45) is 1.28. The van der Waals surface area contributed by atoms with Crippen LogP contribution in [0, 0.1) is 3.57 Å². The second-order valence-corrected chi connectivity index (χ2v) is 7.21. The largest absolute Gasteiger partial charge is 0.454 e. The van der Waals surface area contributed by atoms with Crippen LogP contribution in [0.4, 0.5) is 5.69 Å². The van der Waals surface area contributed by atoms with E-state index in [2.05, 4.69) is 32.9 Å². The second-order valence-electron chi connectivity index (χ2n) is 5.97. The first-order chi connectivity index (χ1) is 13.3. The number of hydrogen-bond donors (Lipinski definition) is 1.